The van der Waals surface area contributed by atoms with Crippen LogP contribution in [-0.2, 0) is 0 Å². The second kappa shape index (κ2) is 8.83. The molecule has 0 bridgehead atoms. The number of nitrogens with one attached hydrogen (secondary N) is 1. The SMILES string of the molecule is O=[N+]([O-])c1ccc(N2CCC(O)CC2)nc1Nc1ccccc1N1CCCC(F)C1. The summed E-state index contributed by atoms with van der Waals surface area (Å²) < 4.78 is 13.9. The number of aliphatic hydroxyl groups is 1. The average molecular weight is 415 g/mol. The molecule has 3 heterocycles. The molecule has 1 aromatic heterocycles. The Labute approximate surface area is 174 Å². The normalized spacial score (nSPS) is 20.3. The molecule has 1 aromatic carbocycles. The molecule has 2 fully saturated rings. The van der Waals surface area contributed by atoms with Gasteiger partial charge in [-0.2, -0.15) is 0 Å². The number of hydrogen-bond donors (Lipinski definition) is 2. The number of aromatic nitrogens is 1. The maximum absolute atomic E-state index is 13.9. The molecule has 9 heteroatoms. The highest BCUT2D eigenvalue weighted by atomic mass is 19.1. The van der Waals surface area contributed by atoms with Crippen LogP contribution in [0.2, 0.25) is 0 Å². The van der Waals surface area contributed by atoms with Crippen LogP contribution < -0.4 is 15.1 Å². The van der Waals surface area contributed by atoms with Gasteiger partial charge in [0.05, 0.1) is 22.4 Å². The van der Waals surface area contributed by atoms with Crippen LogP contribution in [-0.4, -0.2) is 53.5 Å². The van der Waals surface area contributed by atoms with Crippen LogP contribution in [0.3, 0.4) is 0 Å². The average Bonchev–Trinajstić information content (AvgIpc) is 2.74. The van der Waals surface area contributed by atoms with Crippen molar-refractivity contribution in [3.05, 3.63) is 46.5 Å². The number of nitrogens with zero attached hydrogens (tertiary/aromatic N) is 4. The minimum atomic E-state index is -0.878. The monoisotopic (exact) mass is 415 g/mol. The Bertz CT molecular complexity index is 904. The van der Waals surface area contributed by atoms with E-state index < -0.39 is 11.1 Å². The summed E-state index contributed by atoms with van der Waals surface area (Å²) in [5, 5.41) is 24.5. The number of rotatable bonds is 5. The fraction of sp³-hybridized carbons (Fsp3) is 0.476. The highest BCUT2D eigenvalue weighted by Crippen LogP contribution is 2.35. The molecule has 2 aromatic rings. The highest BCUT2D eigenvalue weighted by Gasteiger charge is 2.25. The first-order valence-electron chi connectivity index (χ1n) is 10.3. The Morgan fingerprint density at radius 2 is 1.87 bits per heavy atom. The van der Waals surface area contributed by atoms with Gasteiger partial charge in [-0.1, -0.05) is 12.1 Å². The van der Waals surface area contributed by atoms with E-state index in [1.54, 1.807) is 6.07 Å². The van der Waals surface area contributed by atoms with E-state index in [1.165, 1.54) is 6.07 Å². The molecule has 4 rings (SSSR count). The summed E-state index contributed by atoms with van der Waals surface area (Å²) in [5.41, 5.74) is 1.35. The van der Waals surface area contributed by atoms with Crippen molar-refractivity contribution < 1.29 is 14.4 Å². The molecule has 0 aliphatic carbocycles. The van der Waals surface area contributed by atoms with Crippen LogP contribution in [0.25, 0.3) is 0 Å². The second-order valence-corrected chi connectivity index (χ2v) is 7.84. The lowest BCUT2D eigenvalue weighted by atomic mass is 10.1. The molecule has 0 radical (unpaired) electrons. The minimum absolute atomic E-state index is 0.118. The largest absolute Gasteiger partial charge is 0.393 e. The number of pyridine rings is 1. The second-order valence-electron chi connectivity index (χ2n) is 7.84. The Balaban J connectivity index is 1.64. The molecule has 0 amide bonds. The van der Waals surface area contributed by atoms with Crippen molar-refractivity contribution in [1.29, 1.82) is 0 Å². The number of halogens is 1. The number of para-hydroxylation sites is 2. The summed E-state index contributed by atoms with van der Waals surface area (Å²) in [6, 6.07) is 10.5. The van der Waals surface area contributed by atoms with E-state index in [1.807, 2.05) is 34.1 Å². The Morgan fingerprint density at radius 3 is 2.60 bits per heavy atom. The third kappa shape index (κ3) is 4.46. The molecule has 2 aliphatic rings. The van der Waals surface area contributed by atoms with E-state index in [0.29, 0.717) is 50.4 Å². The molecular weight excluding hydrogens is 389 g/mol. The first kappa shape index (κ1) is 20.3. The predicted octanol–water partition coefficient (Wildman–Crippen LogP) is 3.63. The van der Waals surface area contributed by atoms with Crippen molar-refractivity contribution in [1.82, 2.24) is 4.98 Å². The van der Waals surface area contributed by atoms with E-state index in [-0.39, 0.29) is 17.6 Å². The zero-order valence-corrected chi connectivity index (χ0v) is 16.7. The summed E-state index contributed by atoms with van der Waals surface area (Å²) >= 11 is 0. The van der Waals surface area contributed by atoms with E-state index in [9.17, 15) is 19.6 Å². The van der Waals surface area contributed by atoms with E-state index in [4.69, 9.17) is 0 Å². The summed E-state index contributed by atoms with van der Waals surface area (Å²) in [6.07, 6.45) is 1.42. The van der Waals surface area contributed by atoms with Crippen molar-refractivity contribution in [2.24, 2.45) is 0 Å². The van der Waals surface area contributed by atoms with Gasteiger partial charge in [0.25, 0.3) is 0 Å². The smallest absolute Gasteiger partial charge is 0.311 e. The van der Waals surface area contributed by atoms with Gasteiger partial charge in [0.2, 0.25) is 5.82 Å². The van der Waals surface area contributed by atoms with Gasteiger partial charge in [-0.15, -0.1) is 0 Å². The molecule has 8 nitrogen and oxygen atoms in total. The lowest BCUT2D eigenvalue weighted by Crippen LogP contribution is -2.36. The summed E-state index contributed by atoms with van der Waals surface area (Å²) in [7, 11) is 0. The molecular formula is C21H26FN5O3. The Hall–Kier alpha value is -2.94. The molecule has 2 aliphatic heterocycles. The van der Waals surface area contributed by atoms with Gasteiger partial charge in [-0.05, 0) is 43.9 Å². The predicted molar refractivity (Wildman–Crippen MR) is 114 cm³/mol. The van der Waals surface area contributed by atoms with E-state index in [0.717, 1.165) is 18.7 Å². The topological polar surface area (TPSA) is 94.8 Å². The van der Waals surface area contributed by atoms with Crippen LogP contribution >= 0.6 is 0 Å². The van der Waals surface area contributed by atoms with Crippen LogP contribution in [0.5, 0.6) is 0 Å². The maximum atomic E-state index is 13.9. The molecule has 1 unspecified atom stereocenters. The van der Waals surface area contributed by atoms with Gasteiger partial charge >= 0.3 is 5.69 Å². The lowest BCUT2D eigenvalue weighted by Gasteiger charge is -2.32. The molecule has 0 saturated carbocycles. The molecule has 160 valence electrons. The van der Waals surface area contributed by atoms with Crippen molar-refractivity contribution in [3.8, 4) is 0 Å². The van der Waals surface area contributed by atoms with Crippen molar-refractivity contribution >= 4 is 28.7 Å². The molecule has 1 atom stereocenters. The quantitative estimate of drug-likeness (QED) is 0.569. The number of aliphatic hydroxyl groups excluding tert-OH is 1. The Morgan fingerprint density at radius 1 is 1.10 bits per heavy atom. The van der Waals surface area contributed by atoms with Crippen molar-refractivity contribution in [2.45, 2.75) is 38.0 Å². The van der Waals surface area contributed by atoms with Crippen LogP contribution in [0.4, 0.5) is 33.1 Å². The fourth-order valence-electron chi connectivity index (χ4n) is 4.08. The molecule has 2 N–H and O–H groups in total. The number of nitro groups is 1. The number of anilines is 4. The Kier molecular flexibility index (Phi) is 5.98. The van der Waals surface area contributed by atoms with Crippen molar-refractivity contribution in [2.75, 3.05) is 41.3 Å². The number of alkyl halides is 1. The number of benzene rings is 1. The zero-order chi connectivity index (χ0) is 21.1. The first-order valence-corrected chi connectivity index (χ1v) is 10.3. The first-order chi connectivity index (χ1) is 14.5. The molecule has 0 spiro atoms. The third-order valence-electron chi connectivity index (χ3n) is 5.71. The number of hydrogen-bond acceptors (Lipinski definition) is 7. The van der Waals surface area contributed by atoms with Gasteiger partial charge in [0.15, 0.2) is 0 Å². The van der Waals surface area contributed by atoms with Gasteiger partial charge < -0.3 is 20.2 Å². The minimum Gasteiger partial charge on any atom is -0.393 e. The van der Waals surface area contributed by atoms with E-state index >= 15 is 0 Å². The van der Waals surface area contributed by atoms with Crippen LogP contribution in [0, 0.1) is 10.1 Å². The van der Waals surface area contributed by atoms with Crippen LogP contribution in [0.1, 0.15) is 25.7 Å². The van der Waals surface area contributed by atoms with Gasteiger partial charge in [0, 0.05) is 32.2 Å². The van der Waals surface area contributed by atoms with E-state index in [2.05, 4.69) is 10.3 Å². The summed E-state index contributed by atoms with van der Waals surface area (Å²) in [6.45, 7) is 2.34. The van der Waals surface area contributed by atoms with Gasteiger partial charge in [0.1, 0.15) is 12.0 Å². The molecule has 30 heavy (non-hydrogen) atoms. The lowest BCUT2D eigenvalue weighted by molar-refractivity contribution is -0.384. The zero-order valence-electron chi connectivity index (χ0n) is 16.7. The third-order valence-corrected chi connectivity index (χ3v) is 5.71. The van der Waals surface area contributed by atoms with Crippen molar-refractivity contribution in [3.63, 3.8) is 0 Å². The maximum Gasteiger partial charge on any atom is 0.311 e. The standard InChI is InChI=1S/C21H26FN5O3/c22-15-4-3-11-26(14-15)18-6-2-1-5-17(18)23-21-19(27(29)30)7-8-20(24-21)25-12-9-16(28)10-13-25/h1-2,5-8,15-16,28H,3-4,9-14H2,(H,23,24). The van der Waals surface area contributed by atoms with Crippen LogP contribution in [0.15, 0.2) is 36.4 Å². The van der Waals surface area contributed by atoms with Gasteiger partial charge in [-0.25, -0.2) is 9.37 Å². The van der Waals surface area contributed by atoms with Gasteiger partial charge in [-0.3, -0.25) is 10.1 Å². The summed E-state index contributed by atoms with van der Waals surface area (Å²) in [4.78, 5) is 19.7. The summed E-state index contributed by atoms with van der Waals surface area (Å²) in [5.74, 6) is 0.791. The fourth-order valence-corrected chi connectivity index (χ4v) is 4.08. The number of piperidine rings is 2. The highest BCUT2D eigenvalue weighted by molar-refractivity contribution is 5.78. The molecule has 2 saturated heterocycles.